The first-order chi connectivity index (χ1) is 15.9. The molecule has 5 rings (SSSR count). The Bertz CT molecular complexity index is 1190. The monoisotopic (exact) mass is 464 g/mol. The molecule has 0 aliphatic carbocycles. The van der Waals surface area contributed by atoms with E-state index < -0.39 is 0 Å². The minimum atomic E-state index is 0.0435. The summed E-state index contributed by atoms with van der Waals surface area (Å²) in [6.07, 6.45) is 2.80. The molecule has 0 unspecified atom stereocenters. The third-order valence-corrected chi connectivity index (χ3v) is 7.54. The third-order valence-electron chi connectivity index (χ3n) is 6.66. The number of aromatic nitrogens is 1. The molecule has 1 aromatic carbocycles. The maximum Gasteiger partial charge on any atom is 0.271 e. The molecule has 0 spiro atoms. The zero-order chi connectivity index (χ0) is 23.3. The van der Waals surface area contributed by atoms with Crippen LogP contribution in [0.25, 0.3) is 21.7 Å². The molecule has 3 aromatic rings. The second-order valence-electron chi connectivity index (χ2n) is 9.45. The number of rotatable bonds is 5. The molecule has 5 nitrogen and oxygen atoms in total. The van der Waals surface area contributed by atoms with Gasteiger partial charge in [-0.15, -0.1) is 11.3 Å². The molecule has 0 bridgehead atoms. The second-order valence-corrected chi connectivity index (χ2v) is 10.4. The van der Waals surface area contributed by atoms with Crippen LogP contribution in [-0.2, 0) is 19.4 Å². The summed E-state index contributed by atoms with van der Waals surface area (Å²) in [7, 11) is 1.69. The predicted octanol–water partition coefficient (Wildman–Crippen LogP) is 6.03. The van der Waals surface area contributed by atoms with Gasteiger partial charge in [-0.2, -0.15) is 0 Å². The van der Waals surface area contributed by atoms with E-state index in [0.717, 1.165) is 60.8 Å². The number of benzene rings is 1. The summed E-state index contributed by atoms with van der Waals surface area (Å²) in [6.45, 7) is 9.88. The van der Waals surface area contributed by atoms with E-state index >= 15 is 0 Å². The lowest BCUT2D eigenvalue weighted by molar-refractivity contribution is 0.0701. The van der Waals surface area contributed by atoms with Crippen molar-refractivity contribution in [3.8, 4) is 33.2 Å². The van der Waals surface area contributed by atoms with Gasteiger partial charge in [-0.3, -0.25) is 4.79 Å². The lowest BCUT2D eigenvalue weighted by Gasteiger charge is -2.28. The Labute approximate surface area is 199 Å². The highest BCUT2D eigenvalue weighted by Crippen LogP contribution is 2.48. The number of thiophene rings is 1. The molecular weight excluding hydrogens is 432 g/mol. The lowest BCUT2D eigenvalue weighted by atomic mass is 9.93. The van der Waals surface area contributed by atoms with Gasteiger partial charge in [0.15, 0.2) is 11.5 Å². The maximum absolute atomic E-state index is 13.8. The normalized spacial score (nSPS) is 15.4. The number of nitrogens with zero attached hydrogens (tertiary/aromatic N) is 2. The molecule has 2 aliphatic rings. The fourth-order valence-corrected chi connectivity index (χ4v) is 6.07. The smallest absolute Gasteiger partial charge is 0.271 e. The van der Waals surface area contributed by atoms with Crippen molar-refractivity contribution in [1.82, 2.24) is 9.47 Å². The molecule has 2 aliphatic heterocycles. The first kappa shape index (κ1) is 22.1. The van der Waals surface area contributed by atoms with Crippen molar-refractivity contribution in [2.75, 3.05) is 13.7 Å². The maximum atomic E-state index is 13.8. The Kier molecular flexibility index (Phi) is 5.73. The molecule has 0 fully saturated rings. The van der Waals surface area contributed by atoms with Crippen molar-refractivity contribution in [2.45, 2.75) is 65.6 Å². The largest absolute Gasteiger partial charge is 0.493 e. The van der Waals surface area contributed by atoms with Crippen molar-refractivity contribution < 1.29 is 14.3 Å². The summed E-state index contributed by atoms with van der Waals surface area (Å²) in [5.74, 6) is 1.68. The van der Waals surface area contributed by atoms with Crippen molar-refractivity contribution in [3.05, 3.63) is 46.5 Å². The van der Waals surface area contributed by atoms with Crippen LogP contribution >= 0.6 is 11.3 Å². The zero-order valence-corrected chi connectivity index (χ0v) is 20.9. The number of amides is 1. The number of hydrogen-bond donors (Lipinski definition) is 0. The number of methoxy groups -OCH3 is 1. The van der Waals surface area contributed by atoms with E-state index in [0.29, 0.717) is 0 Å². The van der Waals surface area contributed by atoms with Gasteiger partial charge in [0.05, 0.1) is 18.9 Å². The van der Waals surface area contributed by atoms with E-state index in [-0.39, 0.29) is 18.1 Å². The fourth-order valence-electron chi connectivity index (χ4n) is 5.27. The molecule has 0 N–H and O–H groups in total. The Morgan fingerprint density at radius 3 is 2.52 bits per heavy atom. The van der Waals surface area contributed by atoms with Gasteiger partial charge in [0.25, 0.3) is 5.91 Å². The van der Waals surface area contributed by atoms with Crippen LogP contribution in [0.4, 0.5) is 0 Å². The summed E-state index contributed by atoms with van der Waals surface area (Å²) < 4.78 is 14.1. The van der Waals surface area contributed by atoms with Crippen LogP contribution in [0.3, 0.4) is 0 Å². The molecule has 0 saturated heterocycles. The highest BCUT2D eigenvalue weighted by molar-refractivity contribution is 7.13. The van der Waals surface area contributed by atoms with E-state index in [9.17, 15) is 4.79 Å². The van der Waals surface area contributed by atoms with Crippen LogP contribution in [-0.4, -0.2) is 41.2 Å². The van der Waals surface area contributed by atoms with Gasteiger partial charge in [0.2, 0.25) is 0 Å². The molecular formula is C27H32N2O3S. The van der Waals surface area contributed by atoms with Crippen molar-refractivity contribution >= 4 is 17.2 Å². The molecule has 0 atom stereocenters. The molecule has 174 valence electrons. The van der Waals surface area contributed by atoms with Gasteiger partial charge in [0, 0.05) is 35.1 Å². The van der Waals surface area contributed by atoms with Gasteiger partial charge >= 0.3 is 0 Å². The Balaban J connectivity index is 1.79. The van der Waals surface area contributed by atoms with Crippen LogP contribution in [0, 0.1) is 0 Å². The second kappa shape index (κ2) is 8.56. The molecule has 4 heterocycles. The van der Waals surface area contributed by atoms with E-state index in [1.165, 1.54) is 21.6 Å². The summed E-state index contributed by atoms with van der Waals surface area (Å²) in [4.78, 5) is 17.1. The Morgan fingerprint density at radius 2 is 1.85 bits per heavy atom. The summed E-state index contributed by atoms with van der Waals surface area (Å²) in [6, 6.07) is 8.71. The SMILES string of the molecule is COc1cc2c(cc1OC(C)C)-c1c(-c3cccs3)c3c(n1CC2)C(=O)N(C(C)C)CCC3. The van der Waals surface area contributed by atoms with E-state index in [4.69, 9.17) is 9.47 Å². The van der Waals surface area contributed by atoms with Gasteiger partial charge in [-0.05, 0) is 81.7 Å². The van der Waals surface area contributed by atoms with E-state index in [1.807, 2.05) is 18.7 Å². The van der Waals surface area contributed by atoms with E-state index in [1.54, 1.807) is 18.4 Å². The molecule has 6 heteroatoms. The van der Waals surface area contributed by atoms with Crippen molar-refractivity contribution in [2.24, 2.45) is 0 Å². The van der Waals surface area contributed by atoms with Gasteiger partial charge in [0.1, 0.15) is 5.69 Å². The topological polar surface area (TPSA) is 43.7 Å². The molecule has 0 radical (unpaired) electrons. The van der Waals surface area contributed by atoms with Crippen LogP contribution < -0.4 is 9.47 Å². The first-order valence-corrected chi connectivity index (χ1v) is 12.8. The molecule has 1 amide bonds. The average Bonchev–Trinajstić information content (AvgIpc) is 3.37. The minimum absolute atomic E-state index is 0.0435. The number of carbonyl (C=O) groups excluding carboxylic acids is 1. The van der Waals surface area contributed by atoms with Gasteiger partial charge < -0.3 is 18.9 Å². The summed E-state index contributed by atoms with van der Waals surface area (Å²) in [5, 5.41) is 2.12. The Morgan fingerprint density at radius 1 is 1.03 bits per heavy atom. The molecule has 2 aromatic heterocycles. The van der Waals surface area contributed by atoms with Crippen LogP contribution in [0.15, 0.2) is 29.6 Å². The van der Waals surface area contributed by atoms with Crippen molar-refractivity contribution in [3.63, 3.8) is 0 Å². The highest BCUT2D eigenvalue weighted by atomic mass is 32.1. The summed E-state index contributed by atoms with van der Waals surface area (Å²) in [5.41, 5.74) is 6.86. The number of aryl methyl sites for hydroxylation is 1. The van der Waals surface area contributed by atoms with Crippen LogP contribution in [0.5, 0.6) is 11.5 Å². The van der Waals surface area contributed by atoms with Gasteiger partial charge in [-0.25, -0.2) is 0 Å². The number of carbonyl (C=O) groups is 1. The number of fused-ring (bicyclic) bond motifs is 5. The Hall–Kier alpha value is -2.73. The van der Waals surface area contributed by atoms with Crippen LogP contribution in [0.1, 0.15) is 55.7 Å². The minimum Gasteiger partial charge on any atom is -0.493 e. The summed E-state index contributed by atoms with van der Waals surface area (Å²) >= 11 is 1.74. The van der Waals surface area contributed by atoms with E-state index in [2.05, 4.69) is 48.1 Å². The fraction of sp³-hybridized carbons (Fsp3) is 0.444. The quantitative estimate of drug-likeness (QED) is 0.463. The lowest BCUT2D eigenvalue weighted by Crippen LogP contribution is -2.38. The predicted molar refractivity (Wildman–Crippen MR) is 134 cm³/mol. The zero-order valence-electron chi connectivity index (χ0n) is 20.1. The third kappa shape index (κ3) is 3.65. The number of hydrogen-bond acceptors (Lipinski definition) is 4. The standard InChI is InChI=1S/C27H32N2O3S/c1-16(2)28-11-6-8-19-24(23-9-7-13-33-23)25-20-15-22(32-17(3)4)21(31-5)14-18(20)10-12-29(25)26(19)27(28)30/h7,9,13-17H,6,8,10-12H2,1-5H3. The first-order valence-electron chi connectivity index (χ1n) is 11.9. The van der Waals surface area contributed by atoms with Crippen molar-refractivity contribution in [1.29, 1.82) is 0 Å². The van der Waals surface area contributed by atoms with Gasteiger partial charge in [-0.1, -0.05) is 6.07 Å². The molecule has 33 heavy (non-hydrogen) atoms. The average molecular weight is 465 g/mol. The molecule has 0 saturated carbocycles. The number of ether oxygens (including phenoxy) is 2. The van der Waals surface area contributed by atoms with Crippen LogP contribution in [0.2, 0.25) is 0 Å². The highest BCUT2D eigenvalue weighted by Gasteiger charge is 2.36.